The van der Waals surface area contributed by atoms with Crippen LogP contribution in [0.3, 0.4) is 0 Å². The number of benzene rings is 1. The third-order valence-electron chi connectivity index (χ3n) is 1.91. The van der Waals surface area contributed by atoms with Crippen molar-refractivity contribution in [1.29, 1.82) is 5.26 Å². The van der Waals surface area contributed by atoms with Gasteiger partial charge in [-0.25, -0.2) is 0 Å². The van der Waals surface area contributed by atoms with Crippen LogP contribution in [-0.4, -0.2) is 5.33 Å². The standard InChI is InChI=1S/C12H7BrF3N/c13-6-2-1-3-9-7-11(12(14,15)16)5-4-10(9)8-17/h4-5,7H,2,6H2. The van der Waals surface area contributed by atoms with Crippen molar-refractivity contribution in [2.45, 2.75) is 12.6 Å². The largest absolute Gasteiger partial charge is 0.416 e. The molecular formula is C12H7BrF3N. The van der Waals surface area contributed by atoms with Crippen molar-refractivity contribution in [3.63, 3.8) is 0 Å². The van der Waals surface area contributed by atoms with Crippen molar-refractivity contribution >= 4 is 15.9 Å². The van der Waals surface area contributed by atoms with Crippen LogP contribution < -0.4 is 0 Å². The van der Waals surface area contributed by atoms with Crippen LogP contribution in [-0.2, 0) is 6.18 Å². The van der Waals surface area contributed by atoms with Gasteiger partial charge in [-0.2, -0.15) is 18.4 Å². The first kappa shape index (κ1) is 13.6. The lowest BCUT2D eigenvalue weighted by Crippen LogP contribution is -2.05. The fourth-order valence-electron chi connectivity index (χ4n) is 1.13. The quantitative estimate of drug-likeness (QED) is 0.573. The predicted molar refractivity (Wildman–Crippen MR) is 61.4 cm³/mol. The summed E-state index contributed by atoms with van der Waals surface area (Å²) in [4.78, 5) is 0. The van der Waals surface area contributed by atoms with Gasteiger partial charge in [0.1, 0.15) is 6.07 Å². The number of nitriles is 1. The third kappa shape index (κ3) is 3.80. The molecule has 1 aromatic rings. The lowest BCUT2D eigenvalue weighted by molar-refractivity contribution is -0.137. The van der Waals surface area contributed by atoms with Crippen LogP contribution in [0.15, 0.2) is 18.2 Å². The van der Waals surface area contributed by atoms with E-state index in [1.165, 1.54) is 0 Å². The van der Waals surface area contributed by atoms with E-state index in [2.05, 4.69) is 27.8 Å². The van der Waals surface area contributed by atoms with Crippen LogP contribution in [0.25, 0.3) is 0 Å². The fraction of sp³-hybridized carbons (Fsp3) is 0.250. The number of nitrogens with zero attached hydrogens (tertiary/aromatic N) is 1. The van der Waals surface area contributed by atoms with Crippen LogP contribution >= 0.6 is 15.9 Å². The van der Waals surface area contributed by atoms with Crippen molar-refractivity contribution in [2.75, 3.05) is 5.33 Å². The highest BCUT2D eigenvalue weighted by molar-refractivity contribution is 9.09. The van der Waals surface area contributed by atoms with E-state index >= 15 is 0 Å². The minimum absolute atomic E-state index is 0.114. The molecule has 0 aliphatic carbocycles. The molecule has 0 radical (unpaired) electrons. The van der Waals surface area contributed by atoms with Crippen molar-refractivity contribution in [3.05, 3.63) is 34.9 Å². The molecule has 0 N–H and O–H groups in total. The summed E-state index contributed by atoms with van der Waals surface area (Å²) in [6, 6.07) is 4.75. The molecule has 0 aromatic heterocycles. The number of alkyl halides is 4. The van der Waals surface area contributed by atoms with Gasteiger partial charge in [-0.05, 0) is 18.2 Å². The second-order valence-electron chi connectivity index (χ2n) is 3.11. The SMILES string of the molecule is N#Cc1ccc(C(F)(F)F)cc1C#CCCBr. The Hall–Kier alpha value is -1.46. The fourth-order valence-corrected chi connectivity index (χ4v) is 1.32. The molecule has 0 saturated carbocycles. The Morgan fingerprint density at radius 2 is 1.94 bits per heavy atom. The molecule has 88 valence electrons. The van der Waals surface area contributed by atoms with Gasteiger partial charge < -0.3 is 0 Å². The minimum Gasteiger partial charge on any atom is -0.192 e. The monoisotopic (exact) mass is 301 g/mol. The number of halogens is 4. The molecular weight excluding hydrogens is 295 g/mol. The lowest BCUT2D eigenvalue weighted by Gasteiger charge is -2.07. The number of rotatable bonds is 1. The second kappa shape index (κ2) is 5.75. The highest BCUT2D eigenvalue weighted by Crippen LogP contribution is 2.30. The molecule has 0 saturated heterocycles. The second-order valence-corrected chi connectivity index (χ2v) is 3.90. The Morgan fingerprint density at radius 3 is 2.47 bits per heavy atom. The van der Waals surface area contributed by atoms with Gasteiger partial charge in [-0.3, -0.25) is 0 Å². The average molecular weight is 302 g/mol. The molecule has 0 bridgehead atoms. The van der Waals surface area contributed by atoms with E-state index in [9.17, 15) is 13.2 Å². The van der Waals surface area contributed by atoms with E-state index in [0.717, 1.165) is 18.2 Å². The summed E-state index contributed by atoms with van der Waals surface area (Å²) in [6.45, 7) is 0. The molecule has 0 atom stereocenters. The number of hydrogen-bond donors (Lipinski definition) is 0. The Morgan fingerprint density at radius 1 is 1.24 bits per heavy atom. The topological polar surface area (TPSA) is 23.8 Å². The lowest BCUT2D eigenvalue weighted by atomic mass is 10.0. The van der Waals surface area contributed by atoms with E-state index in [1.807, 2.05) is 6.07 Å². The molecule has 0 aliphatic rings. The van der Waals surface area contributed by atoms with Gasteiger partial charge >= 0.3 is 6.18 Å². The van der Waals surface area contributed by atoms with E-state index in [4.69, 9.17) is 5.26 Å². The van der Waals surface area contributed by atoms with Crippen LogP contribution in [0.4, 0.5) is 13.2 Å². The summed E-state index contributed by atoms with van der Waals surface area (Å²) in [5.41, 5.74) is -0.525. The smallest absolute Gasteiger partial charge is 0.192 e. The average Bonchev–Trinajstić information content (AvgIpc) is 2.28. The van der Waals surface area contributed by atoms with Crippen molar-refractivity contribution in [1.82, 2.24) is 0 Å². The van der Waals surface area contributed by atoms with Gasteiger partial charge in [0.15, 0.2) is 0 Å². The van der Waals surface area contributed by atoms with Gasteiger partial charge in [0.25, 0.3) is 0 Å². The zero-order chi connectivity index (χ0) is 12.9. The summed E-state index contributed by atoms with van der Waals surface area (Å²) in [5, 5.41) is 9.40. The van der Waals surface area contributed by atoms with Gasteiger partial charge in [-0.15, -0.1) is 0 Å². The summed E-state index contributed by atoms with van der Waals surface area (Å²) < 4.78 is 37.4. The van der Waals surface area contributed by atoms with Gasteiger partial charge in [0.05, 0.1) is 11.1 Å². The molecule has 0 fully saturated rings. The summed E-state index contributed by atoms with van der Waals surface area (Å²) in [6.07, 6.45) is -3.90. The van der Waals surface area contributed by atoms with Crippen molar-refractivity contribution < 1.29 is 13.2 Å². The number of hydrogen-bond acceptors (Lipinski definition) is 1. The van der Waals surface area contributed by atoms with Crippen LogP contribution in [0.2, 0.25) is 0 Å². The molecule has 0 aliphatic heterocycles. The van der Waals surface area contributed by atoms with Crippen molar-refractivity contribution in [2.24, 2.45) is 0 Å². The Bertz CT molecular complexity index is 503. The molecule has 0 unspecified atom stereocenters. The normalized spacial score (nSPS) is 10.3. The first-order valence-corrected chi connectivity index (χ1v) is 5.77. The maximum Gasteiger partial charge on any atom is 0.416 e. The molecule has 0 heterocycles. The van der Waals surface area contributed by atoms with Gasteiger partial charge in [0.2, 0.25) is 0 Å². The molecule has 17 heavy (non-hydrogen) atoms. The first-order valence-electron chi connectivity index (χ1n) is 4.65. The van der Waals surface area contributed by atoms with E-state index in [1.54, 1.807) is 0 Å². The predicted octanol–water partition coefficient (Wildman–Crippen LogP) is 3.71. The molecule has 5 heteroatoms. The molecule has 1 aromatic carbocycles. The maximum atomic E-state index is 12.5. The zero-order valence-corrected chi connectivity index (χ0v) is 10.2. The van der Waals surface area contributed by atoms with E-state index < -0.39 is 11.7 Å². The Labute approximate surface area is 105 Å². The van der Waals surface area contributed by atoms with Crippen LogP contribution in [0.1, 0.15) is 23.1 Å². The first-order chi connectivity index (χ1) is 7.99. The highest BCUT2D eigenvalue weighted by atomic mass is 79.9. The van der Waals surface area contributed by atoms with Crippen LogP contribution in [0.5, 0.6) is 0 Å². The Kier molecular flexibility index (Phi) is 4.60. The van der Waals surface area contributed by atoms with Crippen LogP contribution in [0, 0.1) is 23.2 Å². The summed E-state index contributed by atoms with van der Waals surface area (Å²) >= 11 is 3.16. The molecule has 1 rings (SSSR count). The molecule has 0 spiro atoms. The van der Waals surface area contributed by atoms with E-state index in [-0.39, 0.29) is 11.1 Å². The highest BCUT2D eigenvalue weighted by Gasteiger charge is 2.30. The summed E-state index contributed by atoms with van der Waals surface area (Å²) in [5.74, 6) is 5.26. The maximum absolute atomic E-state index is 12.5. The minimum atomic E-state index is -4.42. The molecule has 0 amide bonds. The molecule has 1 nitrogen and oxygen atoms in total. The van der Waals surface area contributed by atoms with Gasteiger partial charge in [0, 0.05) is 17.3 Å². The van der Waals surface area contributed by atoms with Gasteiger partial charge in [-0.1, -0.05) is 27.8 Å². The zero-order valence-electron chi connectivity index (χ0n) is 8.61. The third-order valence-corrected chi connectivity index (χ3v) is 2.31. The van der Waals surface area contributed by atoms with Crippen molar-refractivity contribution in [3.8, 4) is 17.9 Å². The Balaban J connectivity index is 3.19. The van der Waals surface area contributed by atoms with E-state index in [0.29, 0.717) is 11.8 Å². The summed E-state index contributed by atoms with van der Waals surface area (Å²) in [7, 11) is 0.